The molecule has 1 atom stereocenters. The Hall–Kier alpha value is -6.75. The minimum absolute atomic E-state index is 0.0387. The summed E-state index contributed by atoms with van der Waals surface area (Å²) in [4.78, 5) is 67.5. The number of carbonyl (C=O) groups is 5. The largest absolute Gasteiger partial charge is 0.633 e. The van der Waals surface area contributed by atoms with Gasteiger partial charge in [0.1, 0.15) is 23.2 Å². The third-order valence-electron chi connectivity index (χ3n) is 13.3. The van der Waals surface area contributed by atoms with Gasteiger partial charge in [-0.25, -0.2) is 4.79 Å². The number of fused-ring (bicyclic) bond motifs is 3. The second-order valence-electron chi connectivity index (χ2n) is 17.3. The monoisotopic (exact) mass is 915 g/mol. The van der Waals surface area contributed by atoms with Crippen molar-refractivity contribution >= 4 is 62.9 Å². The first kappa shape index (κ1) is 44.5. The summed E-state index contributed by atoms with van der Waals surface area (Å²) in [5, 5.41) is 35.6. The van der Waals surface area contributed by atoms with Crippen molar-refractivity contribution in [3.63, 3.8) is 0 Å². The molecule has 0 spiro atoms. The molecule has 3 aliphatic rings. The van der Waals surface area contributed by atoms with Crippen molar-refractivity contribution in [3.05, 3.63) is 117 Å². The summed E-state index contributed by atoms with van der Waals surface area (Å²) in [6, 6.07) is 21.7. The van der Waals surface area contributed by atoms with Crippen LogP contribution < -0.4 is 14.8 Å². The fraction of sp³-hybridized carbons (Fsp3) is 0.347. The van der Waals surface area contributed by atoms with Crippen LogP contribution in [0.5, 0.6) is 11.5 Å². The van der Waals surface area contributed by atoms with Crippen LogP contribution in [0.2, 0.25) is 5.02 Å². The average molecular weight is 916 g/mol. The van der Waals surface area contributed by atoms with E-state index in [9.17, 15) is 34.3 Å². The van der Waals surface area contributed by atoms with Gasteiger partial charge in [-0.3, -0.25) is 29.2 Å². The van der Waals surface area contributed by atoms with E-state index in [-0.39, 0.29) is 88.7 Å². The summed E-state index contributed by atoms with van der Waals surface area (Å²) in [5.74, 6) is -1.59. The number of amides is 4. The predicted octanol–water partition coefficient (Wildman–Crippen LogP) is 6.17. The van der Waals surface area contributed by atoms with E-state index in [1.165, 1.54) is 4.90 Å². The average Bonchev–Trinajstić information content (AvgIpc) is 3.90. The molecule has 2 fully saturated rings. The number of aryl methyl sites for hydroxylation is 3. The summed E-state index contributed by atoms with van der Waals surface area (Å²) in [6.07, 6.45) is 1.26. The minimum atomic E-state index is -1.12. The molecule has 6 aromatic rings. The third-order valence-corrected chi connectivity index (χ3v) is 13.7. The van der Waals surface area contributed by atoms with Crippen molar-refractivity contribution in [3.8, 4) is 22.6 Å². The number of benzene rings is 4. The van der Waals surface area contributed by atoms with E-state index < -0.39 is 22.6 Å². The number of nitrogens with one attached hydrogen (secondary N) is 1. The summed E-state index contributed by atoms with van der Waals surface area (Å²) >= 11 is 7.04. The van der Waals surface area contributed by atoms with Crippen molar-refractivity contribution in [2.45, 2.75) is 58.7 Å². The lowest BCUT2D eigenvalue weighted by Crippen LogP contribution is -2.58. The van der Waals surface area contributed by atoms with E-state index in [1.807, 2.05) is 69.4 Å². The number of hydrogen-bond donors (Lipinski definition) is 2. The molecule has 9 rings (SSSR count). The number of hydroxylamine groups is 3. The maximum Gasteiger partial charge on any atom is 0.352 e. The Morgan fingerprint density at radius 1 is 0.939 bits per heavy atom. The molecule has 17 heteroatoms. The smallest absolute Gasteiger partial charge is 0.352 e. The highest BCUT2D eigenvalue weighted by atomic mass is 35.5. The molecule has 2 saturated heterocycles. The van der Waals surface area contributed by atoms with E-state index in [0.717, 1.165) is 38.9 Å². The number of halogens is 1. The summed E-state index contributed by atoms with van der Waals surface area (Å²) < 4.78 is 15.1. The van der Waals surface area contributed by atoms with Crippen LogP contribution in [0.3, 0.4) is 0 Å². The Kier molecular flexibility index (Phi) is 12.1. The van der Waals surface area contributed by atoms with Crippen molar-refractivity contribution in [2.75, 3.05) is 45.9 Å². The second-order valence-corrected chi connectivity index (χ2v) is 17.7. The normalized spacial score (nSPS) is 17.1. The Morgan fingerprint density at radius 2 is 1.68 bits per heavy atom. The zero-order valence-corrected chi connectivity index (χ0v) is 37.7. The predicted molar refractivity (Wildman–Crippen MR) is 246 cm³/mol. The van der Waals surface area contributed by atoms with Crippen LogP contribution in [0.25, 0.3) is 32.8 Å². The molecule has 1 unspecified atom stereocenters. The molecule has 4 amide bonds. The van der Waals surface area contributed by atoms with Gasteiger partial charge < -0.3 is 38.8 Å². The fourth-order valence-electron chi connectivity index (χ4n) is 9.85. The van der Waals surface area contributed by atoms with Crippen molar-refractivity contribution in [2.24, 2.45) is 7.05 Å². The Morgan fingerprint density at radius 3 is 2.42 bits per heavy atom. The SMILES string of the molecule is Cc1nn(C)c(C)c1-c1c(Cl)ccc2c(CCCOc3cccc4ccccc34)c(C(=O)O)n(CC[N+]3([O-])CCN(C(=O)COc4cccc5c4CN(C4CCC(=O)NC4=O)C5=O)CC3)c12. The Bertz CT molecular complexity index is 2950. The lowest BCUT2D eigenvalue weighted by atomic mass is 9.98. The Balaban J connectivity index is 0.911. The molecule has 16 nitrogen and oxygen atoms in total. The number of aromatic nitrogens is 3. The molecule has 342 valence electrons. The van der Waals surface area contributed by atoms with Gasteiger partial charge in [0.15, 0.2) is 6.61 Å². The van der Waals surface area contributed by atoms with Crippen molar-refractivity contribution in [1.82, 2.24) is 29.5 Å². The molecule has 3 aliphatic heterocycles. The number of carboxylic acids is 1. The number of piperidine rings is 1. The first-order chi connectivity index (χ1) is 31.7. The highest BCUT2D eigenvalue weighted by Gasteiger charge is 2.40. The summed E-state index contributed by atoms with van der Waals surface area (Å²) in [5.41, 5.74) is 5.31. The maximum atomic E-state index is 14.5. The highest BCUT2D eigenvalue weighted by molar-refractivity contribution is 6.35. The van der Waals surface area contributed by atoms with Crippen LogP contribution in [0.4, 0.5) is 0 Å². The van der Waals surface area contributed by atoms with E-state index in [0.29, 0.717) is 58.0 Å². The number of nitrogens with zero attached hydrogens (tertiary/aromatic N) is 6. The number of hydrogen-bond acceptors (Lipinski definition) is 9. The molecule has 0 saturated carbocycles. The van der Waals surface area contributed by atoms with Crippen molar-refractivity contribution in [1.29, 1.82) is 0 Å². The van der Waals surface area contributed by atoms with Crippen LogP contribution in [0.1, 0.15) is 62.6 Å². The van der Waals surface area contributed by atoms with E-state index in [2.05, 4.69) is 10.4 Å². The Labute approximate surface area is 385 Å². The lowest BCUT2D eigenvalue weighted by molar-refractivity contribution is -0.885. The van der Waals surface area contributed by atoms with Crippen molar-refractivity contribution < 1.29 is 43.2 Å². The number of imide groups is 1. The second kappa shape index (κ2) is 17.9. The highest BCUT2D eigenvalue weighted by Crippen LogP contribution is 2.42. The fourth-order valence-corrected chi connectivity index (χ4v) is 10.1. The number of rotatable bonds is 14. The van der Waals surface area contributed by atoms with Gasteiger partial charge in [0.05, 0.1) is 68.7 Å². The molecule has 2 aromatic heterocycles. The maximum absolute atomic E-state index is 14.5. The van der Waals surface area contributed by atoms with Gasteiger partial charge in [-0.15, -0.1) is 0 Å². The molecule has 66 heavy (non-hydrogen) atoms. The summed E-state index contributed by atoms with van der Waals surface area (Å²) in [7, 11) is 1.85. The van der Waals surface area contributed by atoms with Crippen LogP contribution in [-0.2, 0) is 40.9 Å². The number of aromatic carboxylic acids is 1. The van der Waals surface area contributed by atoms with Gasteiger partial charge in [-0.05, 0) is 68.3 Å². The lowest BCUT2D eigenvalue weighted by Gasteiger charge is -2.48. The molecular weight excluding hydrogens is 866 g/mol. The summed E-state index contributed by atoms with van der Waals surface area (Å²) in [6.45, 7) is 4.54. The first-order valence-corrected chi connectivity index (χ1v) is 22.5. The molecule has 5 heterocycles. The zero-order valence-electron chi connectivity index (χ0n) is 37.0. The minimum Gasteiger partial charge on any atom is -0.633 e. The quantitative estimate of drug-likeness (QED) is 0.0554. The zero-order chi connectivity index (χ0) is 46.4. The number of piperazine rings is 1. The number of carboxylic acid groups (broad SMARTS) is 1. The van der Waals surface area contributed by atoms with E-state index >= 15 is 0 Å². The molecule has 2 N–H and O–H groups in total. The van der Waals surface area contributed by atoms with Gasteiger partial charge in [-0.2, -0.15) is 5.10 Å². The molecule has 0 bridgehead atoms. The van der Waals surface area contributed by atoms with E-state index in [1.54, 1.807) is 38.4 Å². The third kappa shape index (κ3) is 8.24. The van der Waals surface area contributed by atoms with Gasteiger partial charge in [-0.1, -0.05) is 60.1 Å². The van der Waals surface area contributed by atoms with Crippen LogP contribution in [0.15, 0.2) is 72.8 Å². The number of quaternary nitrogens is 1. The van der Waals surface area contributed by atoms with Gasteiger partial charge in [0.25, 0.3) is 11.8 Å². The number of carbonyl (C=O) groups excluding carboxylic acids is 4. The van der Waals surface area contributed by atoms with Crippen LogP contribution >= 0.6 is 11.6 Å². The molecule has 0 aliphatic carbocycles. The first-order valence-electron chi connectivity index (χ1n) is 22.1. The molecular formula is C49H50ClN7O9. The van der Waals surface area contributed by atoms with Gasteiger partial charge >= 0.3 is 5.97 Å². The van der Waals surface area contributed by atoms with Gasteiger partial charge in [0.2, 0.25) is 11.8 Å². The van der Waals surface area contributed by atoms with Crippen LogP contribution in [-0.4, -0.2) is 115 Å². The van der Waals surface area contributed by atoms with E-state index in [4.69, 9.17) is 21.1 Å². The number of ether oxygens (including phenoxy) is 2. The van der Waals surface area contributed by atoms with Crippen LogP contribution in [0, 0.1) is 19.1 Å². The standard InChI is InChI=1S/C49H50ClN7O9/c1-29-43(30(2)53(3)52-29)44-37(50)17-16-34-33(13-8-26-65-39-14-6-10-31-9-4-5-11-32(31)39)46(49(62)63)55(45(34)44)22-25-57(64)23-20-54(21-24-57)42(59)28-66-40-15-7-12-35-36(40)27-56(48(35)61)38-18-19-41(58)51-47(38)60/h4-7,9-12,14-17,38H,8,13,18-28H2,1-3H3,(H,62,63)(H,51,58,60). The van der Waals surface area contributed by atoms with Gasteiger partial charge in [0, 0.05) is 52.2 Å². The molecule has 4 aromatic carbocycles. The topological polar surface area (TPSA) is 188 Å². The molecule has 0 radical (unpaired) electrons.